The summed E-state index contributed by atoms with van der Waals surface area (Å²) in [4.78, 5) is 12.7. The SMILES string of the molecule is CC[C@H](C)c1ccccc1NC(=O)[C@H](C)Sc1nnc(-c2ccc(C)c(C)c2)o1. The molecule has 152 valence electrons. The number of amides is 1. The Morgan fingerprint density at radius 2 is 1.86 bits per heavy atom. The number of carbonyl (C=O) groups is 1. The molecule has 0 unspecified atom stereocenters. The highest BCUT2D eigenvalue weighted by atomic mass is 32.2. The molecule has 1 aromatic heterocycles. The Labute approximate surface area is 176 Å². The highest BCUT2D eigenvalue weighted by Crippen LogP contribution is 2.30. The lowest BCUT2D eigenvalue weighted by Gasteiger charge is -2.17. The van der Waals surface area contributed by atoms with Gasteiger partial charge >= 0.3 is 0 Å². The number of thioether (sulfide) groups is 1. The van der Waals surface area contributed by atoms with Crippen molar-refractivity contribution >= 4 is 23.4 Å². The van der Waals surface area contributed by atoms with Crippen molar-refractivity contribution in [1.82, 2.24) is 10.2 Å². The lowest BCUT2D eigenvalue weighted by Crippen LogP contribution is -2.23. The van der Waals surface area contributed by atoms with Gasteiger partial charge < -0.3 is 9.73 Å². The zero-order chi connectivity index (χ0) is 21.0. The van der Waals surface area contributed by atoms with Gasteiger partial charge in [0.25, 0.3) is 5.22 Å². The van der Waals surface area contributed by atoms with E-state index in [1.54, 1.807) is 0 Å². The Balaban J connectivity index is 1.68. The third-order valence-corrected chi connectivity index (χ3v) is 6.10. The average molecular weight is 410 g/mol. The minimum atomic E-state index is -0.368. The standard InChI is InChI=1S/C23H27N3O2S/c1-6-14(2)19-9-7-8-10-20(19)24-21(27)17(5)29-23-26-25-22(28-23)18-12-11-15(3)16(4)13-18/h7-14,17H,6H2,1-5H3,(H,24,27)/t14-,17-/m0/s1. The van der Waals surface area contributed by atoms with Gasteiger partial charge in [-0.1, -0.05) is 49.9 Å². The van der Waals surface area contributed by atoms with E-state index in [1.807, 2.05) is 43.3 Å². The molecule has 1 amide bonds. The molecule has 0 aliphatic heterocycles. The number of carbonyl (C=O) groups excluding carboxylic acids is 1. The van der Waals surface area contributed by atoms with Crippen LogP contribution < -0.4 is 5.32 Å². The summed E-state index contributed by atoms with van der Waals surface area (Å²) in [5.74, 6) is 0.757. The van der Waals surface area contributed by atoms with E-state index < -0.39 is 0 Å². The quantitative estimate of drug-likeness (QED) is 0.486. The Kier molecular flexibility index (Phi) is 6.75. The van der Waals surface area contributed by atoms with Crippen LogP contribution in [0.1, 0.15) is 49.8 Å². The summed E-state index contributed by atoms with van der Waals surface area (Å²) in [7, 11) is 0. The number of benzene rings is 2. The van der Waals surface area contributed by atoms with E-state index in [0.717, 1.165) is 23.2 Å². The summed E-state index contributed by atoms with van der Waals surface area (Å²) in [5.41, 5.74) is 5.27. The third kappa shape index (κ3) is 5.07. The second-order valence-electron chi connectivity index (χ2n) is 7.32. The lowest BCUT2D eigenvalue weighted by molar-refractivity contribution is -0.115. The number of nitrogens with zero attached hydrogens (tertiary/aromatic N) is 2. The van der Waals surface area contributed by atoms with Crippen molar-refractivity contribution < 1.29 is 9.21 Å². The predicted molar refractivity (Wildman–Crippen MR) is 118 cm³/mol. The lowest BCUT2D eigenvalue weighted by atomic mass is 9.97. The molecule has 3 aromatic rings. The summed E-state index contributed by atoms with van der Waals surface area (Å²) in [5, 5.41) is 11.3. The van der Waals surface area contributed by atoms with Crippen LogP contribution >= 0.6 is 11.8 Å². The fourth-order valence-electron chi connectivity index (χ4n) is 2.95. The monoisotopic (exact) mass is 409 g/mol. The van der Waals surface area contributed by atoms with Crippen molar-refractivity contribution in [3.63, 3.8) is 0 Å². The summed E-state index contributed by atoms with van der Waals surface area (Å²) < 4.78 is 5.78. The Hall–Kier alpha value is -2.60. The van der Waals surface area contributed by atoms with Gasteiger partial charge in [-0.05, 0) is 68.0 Å². The molecule has 2 aromatic carbocycles. The van der Waals surface area contributed by atoms with E-state index in [-0.39, 0.29) is 11.2 Å². The summed E-state index contributed by atoms with van der Waals surface area (Å²) in [6.45, 7) is 10.3. The van der Waals surface area contributed by atoms with Crippen LogP contribution in [0.3, 0.4) is 0 Å². The second-order valence-corrected chi connectivity index (χ2v) is 8.61. The van der Waals surface area contributed by atoms with Crippen molar-refractivity contribution in [1.29, 1.82) is 0 Å². The molecule has 0 saturated carbocycles. The molecule has 5 nitrogen and oxygen atoms in total. The first-order valence-electron chi connectivity index (χ1n) is 9.86. The van der Waals surface area contributed by atoms with Gasteiger partial charge in [-0.3, -0.25) is 4.79 Å². The van der Waals surface area contributed by atoms with Crippen LogP contribution in [-0.2, 0) is 4.79 Å². The number of para-hydroxylation sites is 1. The molecule has 0 saturated heterocycles. The zero-order valence-electron chi connectivity index (χ0n) is 17.5. The number of aryl methyl sites for hydroxylation is 2. The second kappa shape index (κ2) is 9.27. The van der Waals surface area contributed by atoms with Crippen LogP contribution in [-0.4, -0.2) is 21.4 Å². The van der Waals surface area contributed by atoms with Crippen LogP contribution in [0.2, 0.25) is 0 Å². The molecule has 0 aliphatic carbocycles. The smallest absolute Gasteiger partial charge is 0.277 e. The fourth-order valence-corrected chi connectivity index (χ4v) is 3.63. The van der Waals surface area contributed by atoms with E-state index in [4.69, 9.17) is 4.42 Å². The molecule has 0 radical (unpaired) electrons. The highest BCUT2D eigenvalue weighted by Gasteiger charge is 2.20. The van der Waals surface area contributed by atoms with Crippen LogP contribution in [0, 0.1) is 13.8 Å². The molecular formula is C23H27N3O2S. The number of nitrogens with one attached hydrogen (secondary N) is 1. The molecule has 0 aliphatic rings. The van der Waals surface area contributed by atoms with E-state index in [2.05, 4.69) is 49.3 Å². The van der Waals surface area contributed by atoms with E-state index in [0.29, 0.717) is 17.0 Å². The van der Waals surface area contributed by atoms with Crippen molar-refractivity contribution in [2.75, 3.05) is 5.32 Å². The van der Waals surface area contributed by atoms with Crippen molar-refractivity contribution in [3.05, 3.63) is 59.2 Å². The van der Waals surface area contributed by atoms with Crippen LogP contribution in [0.25, 0.3) is 11.5 Å². The summed E-state index contributed by atoms with van der Waals surface area (Å²) in [6.07, 6.45) is 1.01. The summed E-state index contributed by atoms with van der Waals surface area (Å²) >= 11 is 1.26. The Bertz CT molecular complexity index is 999. The van der Waals surface area contributed by atoms with E-state index in [9.17, 15) is 4.79 Å². The van der Waals surface area contributed by atoms with Gasteiger partial charge in [0.15, 0.2) is 0 Å². The third-order valence-electron chi connectivity index (χ3n) is 5.17. The number of anilines is 1. The van der Waals surface area contributed by atoms with E-state index in [1.165, 1.54) is 22.9 Å². The Morgan fingerprint density at radius 1 is 1.10 bits per heavy atom. The van der Waals surface area contributed by atoms with Gasteiger partial charge in [-0.25, -0.2) is 0 Å². The highest BCUT2D eigenvalue weighted by molar-refractivity contribution is 8.00. The molecule has 6 heteroatoms. The van der Waals surface area contributed by atoms with Gasteiger partial charge in [-0.2, -0.15) is 0 Å². The molecular weight excluding hydrogens is 382 g/mol. The maximum absolute atomic E-state index is 12.7. The largest absolute Gasteiger partial charge is 0.411 e. The van der Waals surface area contributed by atoms with Crippen molar-refractivity contribution in [2.24, 2.45) is 0 Å². The van der Waals surface area contributed by atoms with Gasteiger partial charge in [-0.15, -0.1) is 10.2 Å². The summed E-state index contributed by atoms with van der Waals surface area (Å²) in [6, 6.07) is 14.0. The van der Waals surface area contributed by atoms with E-state index >= 15 is 0 Å². The van der Waals surface area contributed by atoms with Crippen molar-refractivity contribution in [2.45, 2.75) is 57.4 Å². The van der Waals surface area contributed by atoms with Crippen LogP contribution in [0.15, 0.2) is 52.1 Å². The first-order valence-corrected chi connectivity index (χ1v) is 10.7. The van der Waals surface area contributed by atoms with Crippen LogP contribution in [0.4, 0.5) is 5.69 Å². The Morgan fingerprint density at radius 3 is 2.59 bits per heavy atom. The van der Waals surface area contributed by atoms with Gasteiger partial charge in [0.05, 0.1) is 5.25 Å². The number of aromatic nitrogens is 2. The fraction of sp³-hybridized carbons (Fsp3) is 0.348. The predicted octanol–water partition coefficient (Wildman–Crippen LogP) is 5.99. The number of hydrogen-bond acceptors (Lipinski definition) is 5. The molecule has 1 heterocycles. The zero-order valence-corrected chi connectivity index (χ0v) is 18.3. The number of rotatable bonds is 7. The molecule has 29 heavy (non-hydrogen) atoms. The van der Waals surface area contributed by atoms with Gasteiger partial charge in [0.2, 0.25) is 11.8 Å². The van der Waals surface area contributed by atoms with Gasteiger partial charge in [0.1, 0.15) is 0 Å². The molecule has 0 spiro atoms. The molecule has 0 fully saturated rings. The average Bonchev–Trinajstić information content (AvgIpc) is 3.18. The number of hydrogen-bond donors (Lipinski definition) is 1. The topological polar surface area (TPSA) is 68.0 Å². The minimum Gasteiger partial charge on any atom is -0.411 e. The molecule has 3 rings (SSSR count). The molecule has 2 atom stereocenters. The maximum Gasteiger partial charge on any atom is 0.277 e. The first-order chi connectivity index (χ1) is 13.9. The molecule has 0 bridgehead atoms. The minimum absolute atomic E-state index is 0.0864. The van der Waals surface area contributed by atoms with Gasteiger partial charge in [0, 0.05) is 11.3 Å². The van der Waals surface area contributed by atoms with Crippen LogP contribution in [0.5, 0.6) is 0 Å². The maximum atomic E-state index is 12.7. The first kappa shape index (κ1) is 21.1. The van der Waals surface area contributed by atoms with Crippen molar-refractivity contribution in [3.8, 4) is 11.5 Å². The molecule has 1 N–H and O–H groups in total. The normalized spacial score (nSPS) is 13.1.